The molecular weight excluding hydrogens is 311 g/mol. The second-order valence-corrected chi connectivity index (χ2v) is 4.60. The summed E-state index contributed by atoms with van der Waals surface area (Å²) in [5, 5.41) is 0.0110. The van der Waals surface area contributed by atoms with Crippen molar-refractivity contribution in [1.29, 1.82) is 0 Å². The van der Waals surface area contributed by atoms with Gasteiger partial charge in [0, 0.05) is 13.5 Å². The quantitative estimate of drug-likeness (QED) is 0.799. The molecule has 1 aromatic carbocycles. The van der Waals surface area contributed by atoms with Gasteiger partial charge in [0.15, 0.2) is 0 Å². The number of rotatable bonds is 4. The molecule has 0 aliphatic carbocycles. The van der Waals surface area contributed by atoms with Crippen LogP contribution in [-0.2, 0) is 20.5 Å². The van der Waals surface area contributed by atoms with Crippen LogP contribution in [0, 0.1) is 0 Å². The molecule has 0 saturated heterocycles. The minimum Gasteiger partial charge on any atom is -0.469 e. The number of anilines is 1. The minimum atomic E-state index is -4.53. The van der Waals surface area contributed by atoms with Crippen LogP contribution in [0.3, 0.4) is 0 Å². The van der Waals surface area contributed by atoms with E-state index in [9.17, 15) is 22.8 Å². The van der Waals surface area contributed by atoms with Gasteiger partial charge >= 0.3 is 12.1 Å². The van der Waals surface area contributed by atoms with Crippen molar-refractivity contribution in [3.63, 3.8) is 0 Å². The van der Waals surface area contributed by atoms with Gasteiger partial charge < -0.3 is 9.64 Å². The summed E-state index contributed by atoms with van der Waals surface area (Å²) in [7, 11) is 2.47. The van der Waals surface area contributed by atoms with Gasteiger partial charge in [-0.25, -0.2) is 0 Å². The molecule has 0 aromatic heterocycles. The van der Waals surface area contributed by atoms with Crippen molar-refractivity contribution in [2.45, 2.75) is 19.0 Å². The Morgan fingerprint density at radius 1 is 1.29 bits per heavy atom. The molecule has 0 unspecified atom stereocenters. The summed E-state index contributed by atoms with van der Waals surface area (Å²) in [6.07, 6.45) is -4.87. The normalized spacial score (nSPS) is 11.1. The summed E-state index contributed by atoms with van der Waals surface area (Å²) in [5.74, 6) is -1.12. The van der Waals surface area contributed by atoms with E-state index in [1.807, 2.05) is 0 Å². The van der Waals surface area contributed by atoms with E-state index in [4.69, 9.17) is 11.6 Å². The zero-order valence-corrected chi connectivity index (χ0v) is 12.1. The number of ether oxygens (including phenoxy) is 1. The third-order valence-electron chi connectivity index (χ3n) is 2.78. The largest absolute Gasteiger partial charge is 0.469 e. The minimum absolute atomic E-state index is 0.0110. The molecule has 0 bridgehead atoms. The van der Waals surface area contributed by atoms with Gasteiger partial charge in [0.2, 0.25) is 5.91 Å². The lowest BCUT2D eigenvalue weighted by molar-refractivity contribution is -0.141. The fourth-order valence-electron chi connectivity index (χ4n) is 1.56. The molecule has 0 radical (unpaired) electrons. The third-order valence-corrected chi connectivity index (χ3v) is 3.10. The summed E-state index contributed by atoms with van der Waals surface area (Å²) in [5.41, 5.74) is -0.976. The number of esters is 1. The molecule has 0 saturated carbocycles. The van der Waals surface area contributed by atoms with Crippen molar-refractivity contribution in [3.05, 3.63) is 28.8 Å². The maximum absolute atomic E-state index is 12.7. The number of amides is 1. The molecule has 0 heterocycles. The first-order valence-corrected chi connectivity index (χ1v) is 6.24. The number of methoxy groups -OCH3 is 1. The lowest BCUT2D eigenvalue weighted by Crippen LogP contribution is -2.27. The monoisotopic (exact) mass is 323 g/mol. The van der Waals surface area contributed by atoms with Gasteiger partial charge in [0.1, 0.15) is 0 Å². The maximum atomic E-state index is 12.7. The Morgan fingerprint density at radius 2 is 1.90 bits per heavy atom. The molecule has 4 nitrogen and oxygen atoms in total. The summed E-state index contributed by atoms with van der Waals surface area (Å²) in [6, 6.07) is 2.70. The van der Waals surface area contributed by atoms with Crippen molar-refractivity contribution in [2.75, 3.05) is 19.1 Å². The van der Waals surface area contributed by atoms with E-state index >= 15 is 0 Å². The molecule has 8 heteroatoms. The van der Waals surface area contributed by atoms with Gasteiger partial charge in [0.25, 0.3) is 0 Å². The molecule has 0 N–H and O–H groups in total. The van der Waals surface area contributed by atoms with E-state index in [-0.39, 0.29) is 23.6 Å². The van der Waals surface area contributed by atoms with Crippen LogP contribution in [0.4, 0.5) is 18.9 Å². The van der Waals surface area contributed by atoms with Gasteiger partial charge in [-0.3, -0.25) is 9.59 Å². The van der Waals surface area contributed by atoms with Crippen LogP contribution in [0.1, 0.15) is 18.4 Å². The molecule has 0 atom stereocenters. The number of alkyl halides is 3. The molecule has 0 fully saturated rings. The van der Waals surface area contributed by atoms with Gasteiger partial charge in [-0.2, -0.15) is 13.2 Å². The average Bonchev–Trinajstić information content (AvgIpc) is 2.42. The molecule has 0 spiro atoms. The van der Waals surface area contributed by atoms with Crippen LogP contribution in [0.25, 0.3) is 0 Å². The van der Waals surface area contributed by atoms with Gasteiger partial charge in [-0.15, -0.1) is 0 Å². The highest BCUT2D eigenvalue weighted by Crippen LogP contribution is 2.35. The SMILES string of the molecule is COC(=O)CCC(=O)N(C)c1cc(C(F)(F)F)ccc1Cl. The van der Waals surface area contributed by atoms with Gasteiger partial charge in [-0.1, -0.05) is 11.6 Å². The summed E-state index contributed by atoms with van der Waals surface area (Å²) < 4.78 is 42.4. The fourth-order valence-corrected chi connectivity index (χ4v) is 1.80. The Bertz CT molecular complexity index is 546. The first-order chi connectivity index (χ1) is 9.66. The molecule has 1 amide bonds. The highest BCUT2D eigenvalue weighted by molar-refractivity contribution is 6.33. The molecule has 1 rings (SSSR count). The molecule has 0 aliphatic rings. The van der Waals surface area contributed by atoms with Crippen LogP contribution >= 0.6 is 11.6 Å². The maximum Gasteiger partial charge on any atom is 0.416 e. The lowest BCUT2D eigenvalue weighted by atomic mass is 10.1. The van der Waals surface area contributed by atoms with Gasteiger partial charge in [-0.05, 0) is 18.2 Å². The van der Waals surface area contributed by atoms with E-state index in [1.54, 1.807) is 0 Å². The van der Waals surface area contributed by atoms with Crippen LogP contribution in [0.2, 0.25) is 5.02 Å². The summed E-state index contributed by atoms with van der Waals surface area (Å²) in [6.45, 7) is 0. The van der Waals surface area contributed by atoms with Crippen LogP contribution in [0.5, 0.6) is 0 Å². The Hall–Kier alpha value is -1.76. The van der Waals surface area contributed by atoms with E-state index in [0.29, 0.717) is 0 Å². The molecule has 116 valence electrons. The molecule has 1 aromatic rings. The number of benzene rings is 1. The van der Waals surface area contributed by atoms with Crippen LogP contribution in [-0.4, -0.2) is 26.0 Å². The van der Waals surface area contributed by atoms with Crippen molar-refractivity contribution in [1.82, 2.24) is 0 Å². The Labute approximate surface area is 124 Å². The standard InChI is InChI=1S/C13H13ClF3NO3/c1-18(11(19)5-6-12(20)21-2)10-7-8(13(15,16)17)3-4-9(10)14/h3-4,7H,5-6H2,1-2H3. The number of halogens is 4. The summed E-state index contributed by atoms with van der Waals surface area (Å²) in [4.78, 5) is 23.8. The van der Waals surface area contributed by atoms with Crippen LogP contribution < -0.4 is 4.90 Å². The molecule has 21 heavy (non-hydrogen) atoms. The second kappa shape index (κ2) is 6.80. The Balaban J connectivity index is 2.93. The predicted molar refractivity (Wildman–Crippen MR) is 71.1 cm³/mol. The van der Waals surface area contributed by atoms with E-state index < -0.39 is 23.6 Å². The van der Waals surface area contributed by atoms with Gasteiger partial charge in [0.05, 0.1) is 29.8 Å². The van der Waals surface area contributed by atoms with E-state index in [1.165, 1.54) is 14.2 Å². The number of nitrogens with zero attached hydrogens (tertiary/aromatic N) is 1. The Morgan fingerprint density at radius 3 is 2.43 bits per heavy atom. The second-order valence-electron chi connectivity index (χ2n) is 4.19. The highest BCUT2D eigenvalue weighted by atomic mass is 35.5. The van der Waals surface area contributed by atoms with Crippen molar-refractivity contribution < 1.29 is 27.5 Å². The topological polar surface area (TPSA) is 46.6 Å². The predicted octanol–water partition coefficient (Wildman–Crippen LogP) is 3.27. The number of hydrogen-bond acceptors (Lipinski definition) is 3. The Kier molecular flexibility index (Phi) is 5.60. The first kappa shape index (κ1) is 17.3. The third kappa shape index (κ3) is 4.63. The number of carbonyl (C=O) groups excluding carboxylic acids is 2. The molecular formula is C13H13ClF3NO3. The van der Waals surface area contributed by atoms with E-state index in [0.717, 1.165) is 23.1 Å². The smallest absolute Gasteiger partial charge is 0.416 e. The number of hydrogen-bond donors (Lipinski definition) is 0. The lowest BCUT2D eigenvalue weighted by Gasteiger charge is -2.20. The van der Waals surface area contributed by atoms with Crippen molar-refractivity contribution >= 4 is 29.2 Å². The number of carbonyl (C=O) groups is 2. The van der Waals surface area contributed by atoms with Crippen molar-refractivity contribution in [2.24, 2.45) is 0 Å². The fraction of sp³-hybridized carbons (Fsp3) is 0.385. The van der Waals surface area contributed by atoms with Crippen LogP contribution in [0.15, 0.2) is 18.2 Å². The van der Waals surface area contributed by atoms with E-state index in [2.05, 4.69) is 4.74 Å². The first-order valence-electron chi connectivity index (χ1n) is 5.87. The molecule has 0 aliphatic heterocycles. The zero-order chi connectivity index (χ0) is 16.2. The average molecular weight is 324 g/mol. The highest BCUT2D eigenvalue weighted by Gasteiger charge is 2.31. The van der Waals surface area contributed by atoms with Crippen molar-refractivity contribution in [3.8, 4) is 0 Å². The summed E-state index contributed by atoms with van der Waals surface area (Å²) >= 11 is 5.82. The zero-order valence-electron chi connectivity index (χ0n) is 11.3.